The van der Waals surface area contributed by atoms with Crippen LogP contribution in [-0.4, -0.2) is 39.5 Å². The molecule has 4 rings (SSSR count). The SMILES string of the molecule is Cc1c(F)c(NC(=O)c2cc(NC(=O)[C@H]3[C@H](c4ccc(F)c(C(F)(F)F)c4)C3(Cl)Cl)ccc2Cl)cc(N(C(=O)OC(C)(C)C)C(=O)OC(C)(C)C)c1F. The van der Waals surface area contributed by atoms with E-state index < -0.39 is 97.5 Å². The van der Waals surface area contributed by atoms with Crippen molar-refractivity contribution in [2.45, 2.75) is 76.1 Å². The van der Waals surface area contributed by atoms with Crippen LogP contribution in [-0.2, 0) is 20.4 Å². The lowest BCUT2D eigenvalue weighted by atomic mass is 10.0. The Kier molecular flexibility index (Phi) is 11.4. The van der Waals surface area contributed by atoms with Gasteiger partial charge >= 0.3 is 18.4 Å². The maximum Gasteiger partial charge on any atom is 0.424 e. The Bertz CT molecular complexity index is 1970. The van der Waals surface area contributed by atoms with Gasteiger partial charge in [-0.3, -0.25) is 9.59 Å². The summed E-state index contributed by atoms with van der Waals surface area (Å²) < 4.78 is 93.4. The number of hydrogen-bond donors (Lipinski definition) is 2. The Morgan fingerprint density at radius 1 is 0.811 bits per heavy atom. The van der Waals surface area contributed by atoms with Gasteiger partial charge in [0.15, 0.2) is 11.6 Å². The molecule has 1 saturated carbocycles. The second kappa shape index (κ2) is 14.6. The predicted molar refractivity (Wildman–Crippen MR) is 186 cm³/mol. The van der Waals surface area contributed by atoms with E-state index in [4.69, 9.17) is 44.3 Å². The van der Waals surface area contributed by atoms with Gasteiger partial charge in [0.25, 0.3) is 5.91 Å². The van der Waals surface area contributed by atoms with E-state index in [0.29, 0.717) is 18.2 Å². The summed E-state index contributed by atoms with van der Waals surface area (Å²) in [6, 6.07) is 6.31. The summed E-state index contributed by atoms with van der Waals surface area (Å²) in [6.07, 6.45) is -7.76. The lowest BCUT2D eigenvalue weighted by molar-refractivity contribution is -0.140. The monoisotopic (exact) mass is 809 g/mol. The number of halogens is 9. The average Bonchev–Trinajstić information content (AvgIpc) is 3.58. The van der Waals surface area contributed by atoms with Crippen molar-refractivity contribution in [2.75, 3.05) is 15.5 Å². The molecule has 2 N–H and O–H groups in total. The van der Waals surface area contributed by atoms with Crippen LogP contribution >= 0.6 is 34.8 Å². The maximum atomic E-state index is 15.6. The van der Waals surface area contributed by atoms with Crippen LogP contribution in [0.1, 0.15) is 74.5 Å². The van der Waals surface area contributed by atoms with Gasteiger partial charge in [-0.25, -0.2) is 22.8 Å². The summed E-state index contributed by atoms with van der Waals surface area (Å²) in [7, 11) is 0. The van der Waals surface area contributed by atoms with E-state index in [0.717, 1.165) is 19.1 Å². The Morgan fingerprint density at radius 2 is 1.38 bits per heavy atom. The number of imide groups is 1. The highest BCUT2D eigenvalue weighted by Gasteiger charge is 2.67. The van der Waals surface area contributed by atoms with Gasteiger partial charge < -0.3 is 20.1 Å². The van der Waals surface area contributed by atoms with Crippen molar-refractivity contribution >= 4 is 75.9 Å². The molecule has 1 aliphatic carbocycles. The molecule has 0 radical (unpaired) electrons. The Morgan fingerprint density at radius 3 is 1.91 bits per heavy atom. The number of carbonyl (C=O) groups is 4. The highest BCUT2D eigenvalue weighted by Crippen LogP contribution is 2.65. The molecule has 0 heterocycles. The highest BCUT2D eigenvalue weighted by atomic mass is 35.5. The van der Waals surface area contributed by atoms with E-state index in [-0.39, 0.29) is 26.7 Å². The number of benzene rings is 3. The van der Waals surface area contributed by atoms with Gasteiger partial charge in [0.2, 0.25) is 5.91 Å². The fraction of sp³-hybridized carbons (Fsp3) is 0.371. The molecule has 9 nitrogen and oxygen atoms in total. The van der Waals surface area contributed by atoms with Crippen molar-refractivity contribution < 1.29 is 55.0 Å². The average molecular weight is 811 g/mol. The number of nitrogens with zero attached hydrogens (tertiary/aromatic N) is 1. The van der Waals surface area contributed by atoms with Crippen LogP contribution in [0.2, 0.25) is 5.02 Å². The smallest absolute Gasteiger partial charge is 0.424 e. The number of nitrogens with one attached hydrogen (secondary N) is 2. The van der Waals surface area contributed by atoms with Crippen LogP contribution in [0, 0.1) is 30.3 Å². The topological polar surface area (TPSA) is 114 Å². The Balaban J connectivity index is 1.63. The van der Waals surface area contributed by atoms with E-state index in [1.54, 1.807) is 0 Å². The number of hydrogen-bond acceptors (Lipinski definition) is 6. The molecular weight excluding hydrogens is 779 g/mol. The highest BCUT2D eigenvalue weighted by molar-refractivity contribution is 6.53. The fourth-order valence-corrected chi connectivity index (χ4v) is 6.13. The minimum atomic E-state index is -5.03. The zero-order valence-electron chi connectivity index (χ0n) is 29.0. The number of alkyl halides is 5. The molecule has 1 fully saturated rings. The summed E-state index contributed by atoms with van der Waals surface area (Å²) in [4.78, 5) is 53.2. The van der Waals surface area contributed by atoms with Crippen molar-refractivity contribution in [1.82, 2.24) is 0 Å². The second-order valence-electron chi connectivity index (χ2n) is 14.0. The summed E-state index contributed by atoms with van der Waals surface area (Å²) in [5.74, 6) is -8.59. The van der Waals surface area contributed by atoms with Crippen molar-refractivity contribution in [3.63, 3.8) is 0 Å². The first-order valence-electron chi connectivity index (χ1n) is 15.5. The van der Waals surface area contributed by atoms with Gasteiger partial charge in [0.1, 0.15) is 21.4 Å². The molecule has 1 aliphatic rings. The molecule has 2 atom stereocenters. The summed E-state index contributed by atoms with van der Waals surface area (Å²) >= 11 is 18.8. The number of anilines is 3. The van der Waals surface area contributed by atoms with E-state index in [1.165, 1.54) is 53.7 Å². The quantitative estimate of drug-likeness (QED) is 0.189. The summed E-state index contributed by atoms with van der Waals surface area (Å²) in [5.41, 5.74) is -6.68. The number of amides is 4. The van der Waals surface area contributed by atoms with Crippen LogP contribution < -0.4 is 15.5 Å². The first-order chi connectivity index (χ1) is 24.1. The molecule has 4 amide bonds. The zero-order valence-corrected chi connectivity index (χ0v) is 31.3. The predicted octanol–water partition coefficient (Wildman–Crippen LogP) is 10.5. The third kappa shape index (κ3) is 9.30. The van der Waals surface area contributed by atoms with Gasteiger partial charge in [-0.1, -0.05) is 17.7 Å². The van der Waals surface area contributed by atoms with Crippen LogP contribution in [0.25, 0.3) is 0 Å². The van der Waals surface area contributed by atoms with Gasteiger partial charge in [-0.2, -0.15) is 18.1 Å². The van der Waals surface area contributed by atoms with Gasteiger partial charge in [0, 0.05) is 17.2 Å². The van der Waals surface area contributed by atoms with Crippen LogP contribution in [0.15, 0.2) is 42.5 Å². The standard InChI is InChI=1S/C35H32Cl3F6N3O6/c1-15-26(40)22(14-23(27(15)41)47(30(50)52-32(2,3)4)31(51)53-33(5,6)7)46-28(48)18-13-17(9-10-20(18)36)45-29(49)25-24(34(25,37)38)16-8-11-21(39)19(12-16)35(42,43)44/h8-14,24-25H,1-7H3,(H,45,49)(H,46,48)/t24-,25+/m0/s1. The third-order valence-corrected chi connectivity index (χ3v) is 8.78. The summed E-state index contributed by atoms with van der Waals surface area (Å²) in [5, 5.41) is 4.45. The van der Waals surface area contributed by atoms with E-state index >= 15 is 8.78 Å². The van der Waals surface area contributed by atoms with Crippen molar-refractivity contribution in [3.05, 3.63) is 87.2 Å². The molecule has 0 saturated heterocycles. The van der Waals surface area contributed by atoms with E-state index in [9.17, 15) is 36.7 Å². The molecule has 286 valence electrons. The van der Waals surface area contributed by atoms with E-state index in [2.05, 4.69) is 10.6 Å². The van der Waals surface area contributed by atoms with Crippen molar-refractivity contribution in [1.29, 1.82) is 0 Å². The van der Waals surface area contributed by atoms with E-state index in [1.807, 2.05) is 0 Å². The molecule has 0 aromatic heterocycles. The molecule has 0 bridgehead atoms. The van der Waals surface area contributed by atoms with Crippen LogP contribution in [0.3, 0.4) is 0 Å². The molecular formula is C35H32Cl3F6N3O6. The van der Waals surface area contributed by atoms with Gasteiger partial charge in [-0.15, -0.1) is 23.2 Å². The minimum absolute atomic E-state index is 0.0769. The largest absolute Gasteiger partial charge is 0.443 e. The number of carbonyl (C=O) groups excluding carboxylic acids is 4. The van der Waals surface area contributed by atoms with Crippen LogP contribution in [0.5, 0.6) is 0 Å². The first kappa shape index (κ1) is 41.5. The number of ether oxygens (including phenoxy) is 2. The van der Waals surface area contributed by atoms with Gasteiger partial charge in [-0.05, 0) is 90.4 Å². The van der Waals surface area contributed by atoms with Crippen LogP contribution in [0.4, 0.5) is 53.0 Å². The molecule has 3 aromatic rings. The molecule has 18 heteroatoms. The first-order valence-corrected chi connectivity index (χ1v) is 16.7. The minimum Gasteiger partial charge on any atom is -0.443 e. The van der Waals surface area contributed by atoms with Crippen molar-refractivity contribution in [3.8, 4) is 0 Å². The Hall–Kier alpha value is -4.21. The molecule has 3 aromatic carbocycles. The second-order valence-corrected chi connectivity index (χ2v) is 15.8. The Labute approximate surface area is 314 Å². The maximum absolute atomic E-state index is 15.6. The molecule has 0 unspecified atom stereocenters. The zero-order chi connectivity index (χ0) is 40.2. The van der Waals surface area contributed by atoms with Crippen molar-refractivity contribution in [2.24, 2.45) is 5.92 Å². The lowest BCUT2D eigenvalue weighted by Gasteiger charge is -2.29. The molecule has 53 heavy (non-hydrogen) atoms. The fourth-order valence-electron chi connectivity index (χ4n) is 5.10. The summed E-state index contributed by atoms with van der Waals surface area (Å²) in [6.45, 7) is 9.91. The number of rotatable bonds is 6. The molecule has 0 aliphatic heterocycles. The normalized spacial score (nSPS) is 16.8. The lowest BCUT2D eigenvalue weighted by Crippen LogP contribution is -2.44. The van der Waals surface area contributed by atoms with Gasteiger partial charge in [0.05, 0.1) is 33.4 Å². The third-order valence-electron chi connectivity index (χ3n) is 7.51. The molecule has 0 spiro atoms.